The molecule has 19 heavy (non-hydrogen) atoms. The summed E-state index contributed by atoms with van der Waals surface area (Å²) in [6.45, 7) is 4.88. The van der Waals surface area contributed by atoms with Gasteiger partial charge in [0.25, 0.3) is 0 Å². The number of benzene rings is 1. The van der Waals surface area contributed by atoms with Crippen LogP contribution in [0.1, 0.15) is 31.4 Å². The average Bonchev–Trinajstić information content (AvgIpc) is 2.46. The van der Waals surface area contributed by atoms with Crippen molar-refractivity contribution >= 4 is 15.9 Å². The first kappa shape index (κ1) is 14.8. The minimum absolute atomic E-state index is 0.384. The highest BCUT2D eigenvalue weighted by atomic mass is 79.9. The lowest BCUT2D eigenvalue weighted by molar-refractivity contribution is 0.0537. The van der Waals surface area contributed by atoms with E-state index in [9.17, 15) is 0 Å². The highest BCUT2D eigenvalue weighted by Crippen LogP contribution is 2.35. The standard InChI is InChI=1S/C15H22BrNO2/c1-3-17-15(11-6-8-19-9-7-11)13-5-4-12(18-2)10-14(13)16/h4-5,10-11,15,17H,3,6-9H2,1-2H3. The Labute approximate surface area is 123 Å². The molecule has 1 aromatic rings. The first-order valence-electron chi connectivity index (χ1n) is 6.90. The van der Waals surface area contributed by atoms with Gasteiger partial charge in [0.05, 0.1) is 7.11 Å². The summed E-state index contributed by atoms with van der Waals surface area (Å²) in [6.07, 6.45) is 2.24. The van der Waals surface area contributed by atoms with Crippen molar-refractivity contribution in [2.45, 2.75) is 25.8 Å². The van der Waals surface area contributed by atoms with E-state index in [1.807, 2.05) is 12.1 Å². The van der Waals surface area contributed by atoms with Gasteiger partial charge in [-0.15, -0.1) is 0 Å². The van der Waals surface area contributed by atoms with Crippen LogP contribution in [0.4, 0.5) is 0 Å². The first-order chi connectivity index (χ1) is 9.26. The fourth-order valence-electron chi connectivity index (χ4n) is 2.69. The van der Waals surface area contributed by atoms with Crippen molar-refractivity contribution in [2.75, 3.05) is 26.9 Å². The van der Waals surface area contributed by atoms with E-state index < -0.39 is 0 Å². The molecule has 1 heterocycles. The summed E-state index contributed by atoms with van der Waals surface area (Å²) < 4.78 is 11.9. The molecule has 1 atom stereocenters. The van der Waals surface area contributed by atoms with Crippen molar-refractivity contribution < 1.29 is 9.47 Å². The quantitative estimate of drug-likeness (QED) is 0.897. The summed E-state index contributed by atoms with van der Waals surface area (Å²) in [4.78, 5) is 0. The molecule has 1 saturated heterocycles. The van der Waals surface area contributed by atoms with Crippen molar-refractivity contribution in [3.05, 3.63) is 28.2 Å². The maximum atomic E-state index is 5.47. The third-order valence-electron chi connectivity index (χ3n) is 3.70. The van der Waals surface area contributed by atoms with Gasteiger partial charge in [-0.05, 0) is 43.0 Å². The molecule has 0 bridgehead atoms. The maximum absolute atomic E-state index is 5.47. The lowest BCUT2D eigenvalue weighted by atomic mass is 9.87. The Morgan fingerprint density at radius 3 is 2.74 bits per heavy atom. The Kier molecular flexibility index (Phi) is 5.67. The fraction of sp³-hybridized carbons (Fsp3) is 0.600. The third kappa shape index (κ3) is 3.71. The number of hydrogen-bond donors (Lipinski definition) is 1. The molecule has 0 spiro atoms. The number of rotatable bonds is 5. The Morgan fingerprint density at radius 2 is 2.16 bits per heavy atom. The van der Waals surface area contributed by atoms with Crippen LogP contribution in [0, 0.1) is 5.92 Å². The van der Waals surface area contributed by atoms with Gasteiger partial charge in [-0.25, -0.2) is 0 Å². The Hall–Kier alpha value is -0.580. The molecule has 1 N–H and O–H groups in total. The maximum Gasteiger partial charge on any atom is 0.120 e. The topological polar surface area (TPSA) is 30.5 Å². The summed E-state index contributed by atoms with van der Waals surface area (Å²) >= 11 is 3.67. The van der Waals surface area contributed by atoms with E-state index in [-0.39, 0.29) is 0 Å². The molecule has 0 amide bonds. The summed E-state index contributed by atoms with van der Waals surface area (Å²) in [5, 5.41) is 3.62. The van der Waals surface area contributed by atoms with E-state index in [4.69, 9.17) is 9.47 Å². The zero-order valence-electron chi connectivity index (χ0n) is 11.6. The molecule has 0 aliphatic carbocycles. The molecule has 0 saturated carbocycles. The molecular formula is C15H22BrNO2. The molecule has 0 aromatic heterocycles. The first-order valence-corrected chi connectivity index (χ1v) is 7.70. The summed E-state index contributed by atoms with van der Waals surface area (Å²) in [7, 11) is 1.70. The van der Waals surface area contributed by atoms with Crippen LogP contribution >= 0.6 is 15.9 Å². The van der Waals surface area contributed by atoms with Gasteiger partial charge >= 0.3 is 0 Å². The molecule has 0 radical (unpaired) electrons. The van der Waals surface area contributed by atoms with Gasteiger partial charge in [-0.3, -0.25) is 0 Å². The molecule has 1 aromatic carbocycles. The zero-order valence-corrected chi connectivity index (χ0v) is 13.2. The molecular weight excluding hydrogens is 306 g/mol. The van der Waals surface area contributed by atoms with Crippen molar-refractivity contribution in [3.63, 3.8) is 0 Å². The van der Waals surface area contributed by atoms with Gasteiger partial charge in [0.1, 0.15) is 5.75 Å². The van der Waals surface area contributed by atoms with Crippen LogP contribution in [0.25, 0.3) is 0 Å². The monoisotopic (exact) mass is 327 g/mol. The predicted molar refractivity (Wildman–Crippen MR) is 80.7 cm³/mol. The predicted octanol–water partition coefficient (Wildman–Crippen LogP) is 3.53. The van der Waals surface area contributed by atoms with E-state index in [2.05, 4.69) is 34.2 Å². The molecule has 1 unspecified atom stereocenters. The lowest BCUT2D eigenvalue weighted by Gasteiger charge is -2.32. The van der Waals surface area contributed by atoms with Gasteiger partial charge in [-0.2, -0.15) is 0 Å². The number of ether oxygens (including phenoxy) is 2. The highest BCUT2D eigenvalue weighted by Gasteiger charge is 2.26. The Morgan fingerprint density at radius 1 is 1.42 bits per heavy atom. The SMILES string of the molecule is CCNC(c1ccc(OC)cc1Br)C1CCOCC1. The zero-order chi connectivity index (χ0) is 13.7. The van der Waals surface area contributed by atoms with Gasteiger partial charge in [-0.1, -0.05) is 28.9 Å². The lowest BCUT2D eigenvalue weighted by Crippen LogP contribution is -2.32. The Bertz CT molecular complexity index is 405. The van der Waals surface area contributed by atoms with E-state index >= 15 is 0 Å². The van der Waals surface area contributed by atoms with E-state index in [1.165, 1.54) is 5.56 Å². The minimum atomic E-state index is 0.384. The van der Waals surface area contributed by atoms with Crippen LogP contribution < -0.4 is 10.1 Å². The number of hydrogen-bond acceptors (Lipinski definition) is 3. The molecule has 1 aliphatic rings. The molecule has 3 nitrogen and oxygen atoms in total. The Balaban J connectivity index is 2.22. The van der Waals surface area contributed by atoms with E-state index in [1.54, 1.807) is 7.11 Å². The van der Waals surface area contributed by atoms with Gasteiger partial charge in [0, 0.05) is 23.7 Å². The van der Waals surface area contributed by atoms with Crippen LogP contribution in [0.2, 0.25) is 0 Å². The van der Waals surface area contributed by atoms with Crippen molar-refractivity contribution in [1.29, 1.82) is 0 Å². The average molecular weight is 328 g/mol. The normalized spacial score (nSPS) is 18.3. The van der Waals surface area contributed by atoms with Crippen LogP contribution in [0.3, 0.4) is 0 Å². The van der Waals surface area contributed by atoms with E-state index in [0.717, 1.165) is 42.8 Å². The fourth-order valence-corrected chi connectivity index (χ4v) is 3.29. The molecule has 1 fully saturated rings. The second-order valence-electron chi connectivity index (χ2n) is 4.87. The second kappa shape index (κ2) is 7.27. The number of halogens is 1. The van der Waals surface area contributed by atoms with Crippen molar-refractivity contribution in [1.82, 2.24) is 5.32 Å². The van der Waals surface area contributed by atoms with Gasteiger partial charge in [0.2, 0.25) is 0 Å². The number of methoxy groups -OCH3 is 1. The largest absolute Gasteiger partial charge is 0.497 e. The third-order valence-corrected chi connectivity index (χ3v) is 4.39. The molecule has 1 aliphatic heterocycles. The molecule has 2 rings (SSSR count). The molecule has 106 valence electrons. The summed E-state index contributed by atoms with van der Waals surface area (Å²) in [6, 6.07) is 6.61. The molecule has 4 heteroatoms. The van der Waals surface area contributed by atoms with Crippen LogP contribution in [0.5, 0.6) is 5.75 Å². The van der Waals surface area contributed by atoms with Crippen LogP contribution in [-0.2, 0) is 4.74 Å². The summed E-state index contributed by atoms with van der Waals surface area (Å²) in [5.41, 5.74) is 1.31. The highest BCUT2D eigenvalue weighted by molar-refractivity contribution is 9.10. The second-order valence-corrected chi connectivity index (χ2v) is 5.73. The van der Waals surface area contributed by atoms with Crippen molar-refractivity contribution in [3.8, 4) is 5.75 Å². The van der Waals surface area contributed by atoms with Crippen LogP contribution in [-0.4, -0.2) is 26.9 Å². The van der Waals surface area contributed by atoms with Crippen LogP contribution in [0.15, 0.2) is 22.7 Å². The number of nitrogens with one attached hydrogen (secondary N) is 1. The smallest absolute Gasteiger partial charge is 0.120 e. The minimum Gasteiger partial charge on any atom is -0.497 e. The van der Waals surface area contributed by atoms with Gasteiger partial charge < -0.3 is 14.8 Å². The summed E-state index contributed by atoms with van der Waals surface area (Å²) in [5.74, 6) is 1.52. The van der Waals surface area contributed by atoms with Gasteiger partial charge in [0.15, 0.2) is 0 Å². The van der Waals surface area contributed by atoms with E-state index in [0.29, 0.717) is 12.0 Å². The van der Waals surface area contributed by atoms with Crippen molar-refractivity contribution in [2.24, 2.45) is 5.92 Å².